The van der Waals surface area contributed by atoms with Crippen LogP contribution >= 0.6 is 0 Å². The van der Waals surface area contributed by atoms with Crippen LogP contribution in [0.3, 0.4) is 0 Å². The lowest BCUT2D eigenvalue weighted by Crippen LogP contribution is -2.15. The predicted molar refractivity (Wildman–Crippen MR) is 97.1 cm³/mol. The number of rotatable bonds is 5. The number of methoxy groups -OCH3 is 1. The molecule has 26 heavy (non-hydrogen) atoms. The van der Waals surface area contributed by atoms with Crippen molar-refractivity contribution >= 4 is 22.6 Å². The van der Waals surface area contributed by atoms with Crippen LogP contribution in [0.2, 0.25) is 0 Å². The highest BCUT2D eigenvalue weighted by Gasteiger charge is 2.28. The molecule has 0 aromatic carbocycles. The van der Waals surface area contributed by atoms with Gasteiger partial charge in [0.2, 0.25) is 0 Å². The van der Waals surface area contributed by atoms with Crippen LogP contribution in [0, 0.1) is 13.8 Å². The van der Waals surface area contributed by atoms with Gasteiger partial charge in [-0.2, -0.15) is 10.2 Å². The zero-order valence-corrected chi connectivity index (χ0v) is 15.4. The third kappa shape index (κ3) is 2.76. The van der Waals surface area contributed by atoms with Gasteiger partial charge in [0.05, 0.1) is 34.2 Å². The van der Waals surface area contributed by atoms with Crippen molar-refractivity contribution in [2.24, 2.45) is 7.05 Å². The van der Waals surface area contributed by atoms with Crippen LogP contribution < -0.4 is 5.32 Å². The molecule has 0 aliphatic heterocycles. The first-order valence-corrected chi connectivity index (χ1v) is 8.66. The number of amides is 1. The van der Waals surface area contributed by atoms with Gasteiger partial charge in [-0.15, -0.1) is 0 Å². The summed E-state index contributed by atoms with van der Waals surface area (Å²) in [6.07, 6.45) is 3.95. The maximum absolute atomic E-state index is 13.1. The summed E-state index contributed by atoms with van der Waals surface area (Å²) in [6, 6.07) is 1.90. The van der Waals surface area contributed by atoms with Crippen molar-refractivity contribution in [1.82, 2.24) is 24.5 Å². The van der Waals surface area contributed by atoms with Crippen molar-refractivity contribution in [3.8, 4) is 0 Å². The molecule has 136 valence electrons. The molecular formula is C18H22N6O2. The number of pyridine rings is 1. The molecule has 3 heterocycles. The first kappa shape index (κ1) is 16.7. The van der Waals surface area contributed by atoms with Gasteiger partial charge in [0.25, 0.3) is 5.91 Å². The van der Waals surface area contributed by atoms with Gasteiger partial charge < -0.3 is 10.1 Å². The van der Waals surface area contributed by atoms with E-state index in [4.69, 9.17) is 9.72 Å². The quantitative estimate of drug-likeness (QED) is 0.761. The highest BCUT2D eigenvalue weighted by molar-refractivity contribution is 6.12. The molecule has 0 radical (unpaired) electrons. The molecule has 3 aromatic heterocycles. The zero-order valence-electron chi connectivity index (χ0n) is 15.4. The van der Waals surface area contributed by atoms with E-state index in [1.165, 1.54) is 0 Å². The summed E-state index contributed by atoms with van der Waals surface area (Å²) in [5.74, 6) is 0.282. The number of nitrogens with zero attached hydrogens (tertiary/aromatic N) is 5. The van der Waals surface area contributed by atoms with Gasteiger partial charge in [0, 0.05) is 25.8 Å². The van der Waals surface area contributed by atoms with Crippen LogP contribution in [0.1, 0.15) is 46.2 Å². The number of carbonyl (C=O) groups excluding carboxylic acids is 1. The normalized spacial score (nSPS) is 14.2. The molecule has 1 fully saturated rings. The lowest BCUT2D eigenvalue weighted by atomic mass is 10.1. The summed E-state index contributed by atoms with van der Waals surface area (Å²) in [6.45, 7) is 4.13. The van der Waals surface area contributed by atoms with E-state index in [9.17, 15) is 4.79 Å². The Kier molecular flexibility index (Phi) is 3.99. The minimum atomic E-state index is -0.171. The van der Waals surface area contributed by atoms with Crippen LogP contribution in [0.15, 0.2) is 12.3 Å². The molecule has 1 amide bonds. The van der Waals surface area contributed by atoms with E-state index >= 15 is 0 Å². The highest BCUT2D eigenvalue weighted by Crippen LogP contribution is 2.40. The number of carbonyl (C=O) groups is 1. The molecular weight excluding hydrogens is 332 g/mol. The van der Waals surface area contributed by atoms with Crippen molar-refractivity contribution in [2.45, 2.75) is 39.3 Å². The summed E-state index contributed by atoms with van der Waals surface area (Å²) in [4.78, 5) is 17.8. The maximum Gasteiger partial charge on any atom is 0.256 e. The molecule has 0 bridgehead atoms. The van der Waals surface area contributed by atoms with Crippen molar-refractivity contribution in [3.05, 3.63) is 34.9 Å². The molecule has 8 nitrogen and oxygen atoms in total. The number of fused-ring (bicyclic) bond motifs is 1. The number of ether oxygens (including phenoxy) is 1. The first-order valence-electron chi connectivity index (χ1n) is 8.66. The molecule has 0 unspecified atom stereocenters. The average Bonchev–Trinajstić information content (AvgIpc) is 3.36. The Bertz CT molecular complexity index is 999. The van der Waals surface area contributed by atoms with Crippen LogP contribution in [-0.2, 0) is 18.5 Å². The molecule has 0 spiro atoms. The van der Waals surface area contributed by atoms with Gasteiger partial charge in [-0.1, -0.05) is 0 Å². The predicted octanol–water partition coefficient (Wildman–Crippen LogP) is 2.52. The summed E-state index contributed by atoms with van der Waals surface area (Å²) >= 11 is 0. The highest BCUT2D eigenvalue weighted by atomic mass is 16.5. The van der Waals surface area contributed by atoms with E-state index in [0.29, 0.717) is 23.9 Å². The fraction of sp³-hybridized carbons (Fsp3) is 0.444. The Morgan fingerprint density at radius 2 is 2.15 bits per heavy atom. The summed E-state index contributed by atoms with van der Waals surface area (Å²) in [5, 5.41) is 12.5. The van der Waals surface area contributed by atoms with Crippen molar-refractivity contribution < 1.29 is 9.53 Å². The molecule has 8 heteroatoms. The monoisotopic (exact) mass is 354 g/mol. The largest absolute Gasteiger partial charge is 0.362 e. The molecule has 1 saturated carbocycles. The summed E-state index contributed by atoms with van der Waals surface area (Å²) in [7, 11) is 3.46. The molecule has 4 rings (SSSR count). The first-order chi connectivity index (χ1) is 12.5. The number of nitrogens with one attached hydrogen (secondary N) is 1. The van der Waals surface area contributed by atoms with Gasteiger partial charge >= 0.3 is 0 Å². The topological polar surface area (TPSA) is 86.9 Å². The van der Waals surface area contributed by atoms with Crippen LogP contribution in [0.25, 0.3) is 11.0 Å². The van der Waals surface area contributed by atoms with E-state index in [0.717, 1.165) is 41.0 Å². The second-order valence-corrected chi connectivity index (χ2v) is 6.79. The molecule has 0 atom stereocenters. The van der Waals surface area contributed by atoms with E-state index in [1.807, 2.05) is 27.0 Å². The summed E-state index contributed by atoms with van der Waals surface area (Å²) in [5.41, 5.74) is 4.64. The van der Waals surface area contributed by atoms with Gasteiger partial charge in [-0.05, 0) is 32.8 Å². The molecule has 3 aromatic rings. The van der Waals surface area contributed by atoms with Gasteiger partial charge in [0.1, 0.15) is 6.73 Å². The molecule has 0 saturated heterocycles. The van der Waals surface area contributed by atoms with E-state index in [1.54, 1.807) is 22.7 Å². The van der Waals surface area contributed by atoms with E-state index in [2.05, 4.69) is 15.5 Å². The third-order valence-corrected chi connectivity index (χ3v) is 4.84. The van der Waals surface area contributed by atoms with Gasteiger partial charge in [-0.3, -0.25) is 9.48 Å². The fourth-order valence-corrected chi connectivity index (χ4v) is 3.22. The summed E-state index contributed by atoms with van der Waals surface area (Å²) < 4.78 is 8.59. The Labute approximate surface area is 151 Å². The number of hydrogen-bond acceptors (Lipinski definition) is 5. The fourth-order valence-electron chi connectivity index (χ4n) is 3.22. The van der Waals surface area contributed by atoms with Crippen LogP contribution in [0.5, 0.6) is 0 Å². The smallest absolute Gasteiger partial charge is 0.256 e. The van der Waals surface area contributed by atoms with Crippen LogP contribution in [0.4, 0.5) is 5.69 Å². The number of aromatic nitrogens is 5. The Morgan fingerprint density at radius 3 is 2.85 bits per heavy atom. The minimum absolute atomic E-state index is 0.171. The Hall–Kier alpha value is -2.74. The Morgan fingerprint density at radius 1 is 1.38 bits per heavy atom. The lowest BCUT2D eigenvalue weighted by molar-refractivity contribution is 0.102. The molecule has 1 aliphatic rings. The van der Waals surface area contributed by atoms with Crippen molar-refractivity contribution in [1.29, 1.82) is 0 Å². The zero-order chi connectivity index (χ0) is 18.4. The third-order valence-electron chi connectivity index (χ3n) is 4.84. The number of hydrogen-bond donors (Lipinski definition) is 1. The Balaban J connectivity index is 1.73. The van der Waals surface area contributed by atoms with Crippen LogP contribution in [-0.4, -0.2) is 37.6 Å². The van der Waals surface area contributed by atoms with E-state index < -0.39 is 0 Å². The number of anilines is 1. The second kappa shape index (κ2) is 6.21. The van der Waals surface area contributed by atoms with Gasteiger partial charge in [-0.25, -0.2) is 9.67 Å². The SMILES string of the molecule is COCn1nc(C)c(NC(=O)c2cc(C3CC3)nc3c2cnn3C)c1C. The average molecular weight is 354 g/mol. The molecule has 1 N–H and O–H groups in total. The van der Waals surface area contributed by atoms with Crippen molar-refractivity contribution in [3.63, 3.8) is 0 Å². The molecule has 1 aliphatic carbocycles. The minimum Gasteiger partial charge on any atom is -0.362 e. The standard InChI is InChI=1S/C18H22N6O2/c1-10-16(11(2)24(22-10)9-26-4)21-18(25)13-7-15(12-5-6-12)20-17-14(13)8-19-23(17)3/h7-8,12H,5-6,9H2,1-4H3,(H,21,25). The van der Waals surface area contributed by atoms with Crippen molar-refractivity contribution in [2.75, 3.05) is 12.4 Å². The van der Waals surface area contributed by atoms with E-state index in [-0.39, 0.29) is 5.91 Å². The van der Waals surface area contributed by atoms with Gasteiger partial charge in [0.15, 0.2) is 5.65 Å². The second-order valence-electron chi connectivity index (χ2n) is 6.79. The maximum atomic E-state index is 13.1. The number of aryl methyl sites for hydroxylation is 2. The lowest BCUT2D eigenvalue weighted by Gasteiger charge is -2.09.